The molecule has 0 saturated carbocycles. The predicted molar refractivity (Wildman–Crippen MR) is 179 cm³/mol. The zero-order valence-electron chi connectivity index (χ0n) is 23.5. The van der Waals surface area contributed by atoms with Crippen LogP contribution < -0.4 is 21.2 Å². The first-order valence-electron chi connectivity index (χ1n) is 14.4. The third kappa shape index (κ3) is 5.98. The highest BCUT2D eigenvalue weighted by molar-refractivity contribution is 7.79. The van der Waals surface area contributed by atoms with Crippen molar-refractivity contribution in [3.63, 3.8) is 0 Å². The molecule has 0 aliphatic heterocycles. The summed E-state index contributed by atoms with van der Waals surface area (Å²) in [5.74, 6) is 0.255. The maximum Gasteiger partial charge on any atom is 0.147 e. The van der Waals surface area contributed by atoms with Crippen molar-refractivity contribution in [2.45, 2.75) is 18.5 Å². The Kier molecular flexibility index (Phi) is 8.38. The SMILES string of the molecule is O=P(CC1=CCC(c2ccc(CP(=O)(c3ccccc3)c3ccccc3)cc2)C=C1)(c1ccccc1)c1ccccc1. The molecule has 1 atom stereocenters. The average molecular weight is 585 g/mol. The van der Waals surface area contributed by atoms with Gasteiger partial charge in [0.2, 0.25) is 0 Å². The van der Waals surface area contributed by atoms with Crippen LogP contribution >= 0.6 is 14.3 Å². The van der Waals surface area contributed by atoms with E-state index in [-0.39, 0.29) is 5.92 Å². The number of rotatable bonds is 9. The van der Waals surface area contributed by atoms with Gasteiger partial charge in [-0.2, -0.15) is 0 Å². The van der Waals surface area contributed by atoms with E-state index in [1.807, 2.05) is 121 Å². The molecule has 1 aliphatic rings. The second-order valence-corrected chi connectivity index (χ2v) is 16.5. The fourth-order valence-corrected chi connectivity index (χ4v) is 11.2. The zero-order chi connectivity index (χ0) is 28.8. The fourth-order valence-electron chi connectivity index (χ4n) is 5.75. The maximum absolute atomic E-state index is 14.5. The van der Waals surface area contributed by atoms with Crippen LogP contribution in [-0.4, -0.2) is 6.16 Å². The van der Waals surface area contributed by atoms with Crippen LogP contribution in [0.3, 0.4) is 0 Å². The van der Waals surface area contributed by atoms with E-state index < -0.39 is 14.3 Å². The van der Waals surface area contributed by atoms with E-state index >= 15 is 0 Å². The van der Waals surface area contributed by atoms with Gasteiger partial charge in [0.1, 0.15) is 14.3 Å². The van der Waals surface area contributed by atoms with E-state index in [1.165, 1.54) is 5.56 Å². The molecule has 5 aromatic carbocycles. The van der Waals surface area contributed by atoms with Gasteiger partial charge in [0.15, 0.2) is 0 Å². The molecule has 0 fully saturated rings. The Morgan fingerprint density at radius 1 is 0.500 bits per heavy atom. The van der Waals surface area contributed by atoms with Gasteiger partial charge < -0.3 is 9.13 Å². The van der Waals surface area contributed by atoms with E-state index in [4.69, 9.17) is 0 Å². The summed E-state index contributed by atoms with van der Waals surface area (Å²) in [7, 11) is -5.63. The molecule has 0 aromatic heterocycles. The summed E-state index contributed by atoms with van der Waals surface area (Å²) >= 11 is 0. The van der Waals surface area contributed by atoms with Crippen LogP contribution in [0.25, 0.3) is 0 Å². The van der Waals surface area contributed by atoms with E-state index in [0.29, 0.717) is 12.3 Å². The van der Waals surface area contributed by atoms with Crippen LogP contribution in [-0.2, 0) is 15.3 Å². The molecule has 4 heteroatoms. The van der Waals surface area contributed by atoms with Crippen LogP contribution in [0, 0.1) is 0 Å². The van der Waals surface area contributed by atoms with Crippen molar-refractivity contribution in [3.05, 3.63) is 181 Å². The highest BCUT2D eigenvalue weighted by Gasteiger charge is 2.29. The summed E-state index contributed by atoms with van der Waals surface area (Å²) in [4.78, 5) is 0. The number of allylic oxidation sites excluding steroid dienone is 4. The van der Waals surface area contributed by atoms with Crippen LogP contribution in [0.1, 0.15) is 23.5 Å². The van der Waals surface area contributed by atoms with Crippen LogP contribution in [0.15, 0.2) is 169 Å². The first kappa shape index (κ1) is 28.2. The molecule has 2 nitrogen and oxygen atoms in total. The van der Waals surface area contributed by atoms with Gasteiger partial charge in [0, 0.05) is 39.5 Å². The zero-order valence-corrected chi connectivity index (χ0v) is 25.3. The highest BCUT2D eigenvalue weighted by Crippen LogP contribution is 2.48. The van der Waals surface area contributed by atoms with Crippen molar-refractivity contribution < 1.29 is 9.13 Å². The minimum atomic E-state index is -2.82. The third-order valence-corrected chi connectivity index (χ3v) is 14.2. The molecule has 0 amide bonds. The average Bonchev–Trinajstić information content (AvgIpc) is 3.07. The van der Waals surface area contributed by atoms with Gasteiger partial charge in [-0.3, -0.25) is 0 Å². The molecule has 42 heavy (non-hydrogen) atoms. The monoisotopic (exact) mass is 584 g/mol. The van der Waals surface area contributed by atoms with Crippen LogP contribution in [0.5, 0.6) is 0 Å². The largest absolute Gasteiger partial charge is 0.313 e. The van der Waals surface area contributed by atoms with Crippen LogP contribution in [0.2, 0.25) is 0 Å². The van der Waals surface area contributed by atoms with Gasteiger partial charge in [0.05, 0.1) is 0 Å². The summed E-state index contributed by atoms with van der Waals surface area (Å²) in [6, 6.07) is 48.0. The molecular weight excluding hydrogens is 550 g/mol. The van der Waals surface area contributed by atoms with Crippen molar-refractivity contribution >= 4 is 35.5 Å². The second kappa shape index (κ2) is 12.5. The summed E-state index contributed by atoms with van der Waals surface area (Å²) in [5.41, 5.74) is 3.41. The van der Waals surface area contributed by atoms with Gasteiger partial charge >= 0.3 is 0 Å². The lowest BCUT2D eigenvalue weighted by Gasteiger charge is -2.23. The molecule has 0 spiro atoms. The number of benzene rings is 5. The smallest absolute Gasteiger partial charge is 0.147 e. The molecule has 5 aromatic rings. The van der Waals surface area contributed by atoms with E-state index in [2.05, 4.69) is 42.5 Å². The Balaban J connectivity index is 1.19. The normalized spacial score (nSPS) is 15.2. The molecule has 0 bridgehead atoms. The van der Waals surface area contributed by atoms with Gasteiger partial charge in [-0.1, -0.05) is 164 Å². The minimum absolute atomic E-state index is 0.255. The highest BCUT2D eigenvalue weighted by atomic mass is 31.2. The van der Waals surface area contributed by atoms with E-state index in [0.717, 1.165) is 38.8 Å². The van der Waals surface area contributed by atoms with Crippen molar-refractivity contribution in [1.29, 1.82) is 0 Å². The summed E-state index contributed by atoms with van der Waals surface area (Å²) in [5, 5.41) is 3.56. The first-order valence-corrected chi connectivity index (χ1v) is 18.2. The van der Waals surface area contributed by atoms with Crippen molar-refractivity contribution in [2.75, 3.05) is 6.16 Å². The molecule has 208 valence electrons. The molecule has 0 radical (unpaired) electrons. The topological polar surface area (TPSA) is 34.1 Å². The molecule has 0 saturated heterocycles. The lowest BCUT2D eigenvalue weighted by atomic mass is 9.90. The molecular formula is C38H34O2P2. The van der Waals surface area contributed by atoms with Gasteiger partial charge in [-0.15, -0.1) is 0 Å². The molecule has 1 unspecified atom stereocenters. The molecule has 6 rings (SSSR count). The third-order valence-electron chi connectivity index (χ3n) is 8.09. The van der Waals surface area contributed by atoms with E-state index in [9.17, 15) is 9.13 Å². The molecule has 1 aliphatic carbocycles. The van der Waals surface area contributed by atoms with Crippen molar-refractivity contribution in [3.8, 4) is 0 Å². The maximum atomic E-state index is 14.5. The number of hydrogen-bond acceptors (Lipinski definition) is 2. The Hall–Kier alpha value is -3.96. The molecule has 0 N–H and O–H groups in total. The van der Waals surface area contributed by atoms with Crippen molar-refractivity contribution in [2.24, 2.45) is 0 Å². The Morgan fingerprint density at radius 3 is 1.29 bits per heavy atom. The number of hydrogen-bond donors (Lipinski definition) is 0. The van der Waals surface area contributed by atoms with Gasteiger partial charge in [-0.05, 0) is 23.1 Å². The lowest BCUT2D eigenvalue weighted by molar-refractivity contribution is 0.586. The summed E-state index contributed by atoms with van der Waals surface area (Å²) < 4.78 is 29.0. The lowest BCUT2D eigenvalue weighted by Crippen LogP contribution is -2.19. The summed E-state index contributed by atoms with van der Waals surface area (Å²) in [6.07, 6.45) is 8.50. The Labute approximate surface area is 249 Å². The van der Waals surface area contributed by atoms with E-state index in [1.54, 1.807) is 0 Å². The van der Waals surface area contributed by atoms with Crippen LogP contribution in [0.4, 0.5) is 0 Å². The fraction of sp³-hybridized carbons (Fsp3) is 0.105. The minimum Gasteiger partial charge on any atom is -0.313 e. The Morgan fingerprint density at radius 2 is 0.905 bits per heavy atom. The first-order chi connectivity index (χ1) is 20.5. The molecule has 0 heterocycles. The predicted octanol–water partition coefficient (Wildman–Crippen LogP) is 8.18. The Bertz CT molecular complexity index is 1690. The van der Waals surface area contributed by atoms with Gasteiger partial charge in [0.25, 0.3) is 0 Å². The summed E-state index contributed by atoms with van der Waals surface area (Å²) in [6.45, 7) is 0. The second-order valence-electron chi connectivity index (χ2n) is 10.9. The quantitative estimate of drug-likeness (QED) is 0.164. The van der Waals surface area contributed by atoms with Gasteiger partial charge in [-0.25, -0.2) is 0 Å². The standard InChI is InChI=1S/C38H34O2P2/c39-41(35-13-5-1-6-14-35,36-15-7-2-8-16-36)29-31-21-25-33(26-22-31)34-27-23-32(24-28-34)30-42(40,37-17-9-3-10-18-37)38-19-11-4-12-20-38/h1-27,34H,28-30H2. The van der Waals surface area contributed by atoms with Crippen molar-refractivity contribution in [1.82, 2.24) is 0 Å².